The summed E-state index contributed by atoms with van der Waals surface area (Å²) in [6.07, 6.45) is 1.50. The third-order valence-corrected chi connectivity index (χ3v) is 5.62. The molecule has 0 unspecified atom stereocenters. The highest BCUT2D eigenvalue weighted by Crippen LogP contribution is 2.19. The molecular weight excluding hydrogens is 368 g/mol. The molecular formula is C18H24N4O4S. The van der Waals surface area contributed by atoms with Crippen LogP contribution in [0.15, 0.2) is 47.5 Å². The molecule has 1 fully saturated rings. The summed E-state index contributed by atoms with van der Waals surface area (Å²) in [6, 6.07) is 9.64. The van der Waals surface area contributed by atoms with Gasteiger partial charge in [-0.05, 0) is 36.4 Å². The largest absolute Gasteiger partial charge is 0.497 e. The van der Waals surface area contributed by atoms with Crippen LogP contribution in [0.1, 0.15) is 0 Å². The van der Waals surface area contributed by atoms with Crippen LogP contribution in [0.25, 0.3) is 0 Å². The highest BCUT2D eigenvalue weighted by molar-refractivity contribution is 7.92. The van der Waals surface area contributed by atoms with Crippen molar-refractivity contribution in [1.82, 2.24) is 9.88 Å². The summed E-state index contributed by atoms with van der Waals surface area (Å²) in [5, 5.41) is 3.24. The Bertz CT molecular complexity index is 819. The third kappa shape index (κ3) is 5.56. The molecule has 0 aliphatic carbocycles. The first-order valence-electron chi connectivity index (χ1n) is 8.74. The minimum absolute atomic E-state index is 0.163. The summed E-state index contributed by atoms with van der Waals surface area (Å²) >= 11 is 0. The fourth-order valence-electron chi connectivity index (χ4n) is 2.69. The molecule has 0 spiro atoms. The summed E-state index contributed by atoms with van der Waals surface area (Å²) in [5.41, 5.74) is 0.407. The first-order valence-corrected chi connectivity index (χ1v) is 10.2. The summed E-state index contributed by atoms with van der Waals surface area (Å²) < 4.78 is 37.7. The van der Waals surface area contributed by atoms with E-state index in [1.54, 1.807) is 24.3 Å². The quantitative estimate of drug-likeness (QED) is 0.705. The van der Waals surface area contributed by atoms with Gasteiger partial charge in [0.15, 0.2) is 0 Å². The molecule has 1 aliphatic heterocycles. The molecule has 146 valence electrons. The number of aromatic nitrogens is 1. The number of rotatable bonds is 8. The Morgan fingerprint density at radius 1 is 1.15 bits per heavy atom. The highest BCUT2D eigenvalue weighted by atomic mass is 32.2. The van der Waals surface area contributed by atoms with Gasteiger partial charge in [-0.1, -0.05) is 0 Å². The Labute approximate surface area is 159 Å². The van der Waals surface area contributed by atoms with Crippen LogP contribution < -0.4 is 14.8 Å². The van der Waals surface area contributed by atoms with E-state index in [0.717, 1.165) is 39.4 Å². The molecule has 2 N–H and O–H groups in total. The fraction of sp³-hybridized carbons (Fsp3) is 0.389. The van der Waals surface area contributed by atoms with Gasteiger partial charge in [0, 0.05) is 26.2 Å². The number of hydrogen-bond donors (Lipinski definition) is 2. The van der Waals surface area contributed by atoms with E-state index in [1.807, 2.05) is 0 Å². The molecule has 3 rings (SSSR count). The van der Waals surface area contributed by atoms with E-state index >= 15 is 0 Å². The molecule has 9 heteroatoms. The van der Waals surface area contributed by atoms with Gasteiger partial charge in [0.25, 0.3) is 10.0 Å². The van der Waals surface area contributed by atoms with Crippen molar-refractivity contribution < 1.29 is 17.9 Å². The first kappa shape index (κ1) is 19.4. The first-order chi connectivity index (χ1) is 13.1. The average Bonchev–Trinajstić information content (AvgIpc) is 2.70. The van der Waals surface area contributed by atoms with Gasteiger partial charge >= 0.3 is 0 Å². The lowest BCUT2D eigenvalue weighted by Crippen LogP contribution is -2.39. The zero-order valence-electron chi connectivity index (χ0n) is 15.2. The Balaban J connectivity index is 1.53. The van der Waals surface area contributed by atoms with Crippen molar-refractivity contribution >= 4 is 21.5 Å². The second-order valence-electron chi connectivity index (χ2n) is 6.09. The number of pyridine rings is 1. The van der Waals surface area contributed by atoms with Crippen molar-refractivity contribution in [2.45, 2.75) is 4.90 Å². The molecule has 0 radical (unpaired) electrons. The van der Waals surface area contributed by atoms with Crippen LogP contribution in [0.3, 0.4) is 0 Å². The standard InChI is InChI=1S/C18H24N4O4S/c1-25-16-3-5-17(6-4-16)27(23,24)21-15-2-7-18(20-14-15)19-8-9-22-10-12-26-13-11-22/h2-7,14,21H,8-13H2,1H3,(H,19,20). The van der Waals surface area contributed by atoms with Crippen LogP contribution in [-0.2, 0) is 14.8 Å². The lowest BCUT2D eigenvalue weighted by molar-refractivity contribution is 0.0398. The van der Waals surface area contributed by atoms with E-state index in [1.165, 1.54) is 25.4 Å². The van der Waals surface area contributed by atoms with Gasteiger partial charge in [0.1, 0.15) is 11.6 Å². The van der Waals surface area contributed by atoms with Crippen LogP contribution in [0.5, 0.6) is 5.75 Å². The number of nitrogens with zero attached hydrogens (tertiary/aromatic N) is 2. The van der Waals surface area contributed by atoms with E-state index in [0.29, 0.717) is 17.3 Å². The van der Waals surface area contributed by atoms with E-state index in [-0.39, 0.29) is 4.90 Å². The van der Waals surface area contributed by atoms with Crippen molar-refractivity contribution in [3.05, 3.63) is 42.6 Å². The number of benzene rings is 1. The lowest BCUT2D eigenvalue weighted by Gasteiger charge is -2.26. The molecule has 0 saturated carbocycles. The second kappa shape index (κ2) is 9.03. The highest BCUT2D eigenvalue weighted by Gasteiger charge is 2.14. The fourth-order valence-corrected chi connectivity index (χ4v) is 3.74. The van der Waals surface area contributed by atoms with E-state index in [9.17, 15) is 8.42 Å². The molecule has 0 bridgehead atoms. The minimum Gasteiger partial charge on any atom is -0.497 e. The van der Waals surface area contributed by atoms with E-state index in [2.05, 4.69) is 19.9 Å². The lowest BCUT2D eigenvalue weighted by atomic mass is 10.3. The van der Waals surface area contributed by atoms with Crippen LogP contribution in [0, 0.1) is 0 Å². The molecule has 2 aromatic rings. The van der Waals surface area contributed by atoms with E-state index < -0.39 is 10.0 Å². The van der Waals surface area contributed by atoms with Gasteiger partial charge in [-0.25, -0.2) is 13.4 Å². The Morgan fingerprint density at radius 3 is 2.52 bits per heavy atom. The van der Waals surface area contributed by atoms with Crippen LogP contribution in [-0.4, -0.2) is 64.8 Å². The van der Waals surface area contributed by atoms with Gasteiger partial charge in [0.05, 0.1) is 37.1 Å². The summed E-state index contributed by atoms with van der Waals surface area (Å²) in [7, 11) is -2.14. The summed E-state index contributed by atoms with van der Waals surface area (Å²) in [4.78, 5) is 6.76. The molecule has 0 atom stereocenters. The van der Waals surface area contributed by atoms with Crippen molar-refractivity contribution in [3.8, 4) is 5.75 Å². The zero-order chi connectivity index (χ0) is 19.1. The minimum atomic E-state index is -3.67. The van der Waals surface area contributed by atoms with E-state index in [4.69, 9.17) is 9.47 Å². The van der Waals surface area contributed by atoms with Gasteiger partial charge < -0.3 is 14.8 Å². The Morgan fingerprint density at radius 2 is 1.89 bits per heavy atom. The van der Waals surface area contributed by atoms with Crippen molar-refractivity contribution in [3.63, 3.8) is 0 Å². The summed E-state index contributed by atoms with van der Waals surface area (Å²) in [6.45, 7) is 5.13. The molecule has 1 aromatic carbocycles. The van der Waals surface area contributed by atoms with Crippen molar-refractivity contribution in [1.29, 1.82) is 0 Å². The number of anilines is 2. The number of sulfonamides is 1. The number of ether oxygens (including phenoxy) is 2. The number of methoxy groups -OCH3 is 1. The molecule has 27 heavy (non-hydrogen) atoms. The Hall–Kier alpha value is -2.36. The van der Waals surface area contributed by atoms with Crippen LogP contribution in [0.4, 0.5) is 11.5 Å². The number of hydrogen-bond acceptors (Lipinski definition) is 7. The number of morpholine rings is 1. The molecule has 8 nitrogen and oxygen atoms in total. The van der Waals surface area contributed by atoms with Crippen LogP contribution in [0.2, 0.25) is 0 Å². The van der Waals surface area contributed by atoms with Crippen LogP contribution >= 0.6 is 0 Å². The average molecular weight is 392 g/mol. The molecule has 2 heterocycles. The molecule has 1 saturated heterocycles. The zero-order valence-corrected chi connectivity index (χ0v) is 16.0. The van der Waals surface area contributed by atoms with Gasteiger partial charge in [-0.3, -0.25) is 9.62 Å². The normalized spacial score (nSPS) is 15.3. The smallest absolute Gasteiger partial charge is 0.261 e. The second-order valence-corrected chi connectivity index (χ2v) is 7.78. The van der Waals surface area contributed by atoms with Gasteiger partial charge in [0.2, 0.25) is 0 Å². The maximum absolute atomic E-state index is 12.4. The Kier molecular flexibility index (Phi) is 6.49. The van der Waals surface area contributed by atoms with Crippen molar-refractivity contribution in [2.75, 3.05) is 56.5 Å². The molecule has 1 aromatic heterocycles. The summed E-state index contributed by atoms with van der Waals surface area (Å²) in [5.74, 6) is 1.30. The molecule has 0 amide bonds. The molecule has 1 aliphatic rings. The van der Waals surface area contributed by atoms with Gasteiger partial charge in [-0.15, -0.1) is 0 Å². The van der Waals surface area contributed by atoms with Gasteiger partial charge in [-0.2, -0.15) is 0 Å². The predicted molar refractivity (Wildman–Crippen MR) is 104 cm³/mol. The maximum Gasteiger partial charge on any atom is 0.261 e. The SMILES string of the molecule is COc1ccc(S(=O)(=O)Nc2ccc(NCCN3CCOCC3)nc2)cc1. The predicted octanol–water partition coefficient (Wildman–Crippen LogP) is 1.64. The third-order valence-electron chi connectivity index (χ3n) is 4.22. The maximum atomic E-state index is 12.4. The number of nitrogens with one attached hydrogen (secondary N) is 2. The monoisotopic (exact) mass is 392 g/mol. The van der Waals surface area contributed by atoms with Crippen molar-refractivity contribution in [2.24, 2.45) is 0 Å². The topological polar surface area (TPSA) is 92.8 Å².